The van der Waals surface area contributed by atoms with Crippen LogP contribution in [-0.4, -0.2) is 32.2 Å². The summed E-state index contributed by atoms with van der Waals surface area (Å²) in [6.45, 7) is 3.77. The third-order valence-electron chi connectivity index (χ3n) is 2.41. The number of aliphatic hydroxyl groups is 1. The van der Waals surface area contributed by atoms with Crippen molar-refractivity contribution in [2.45, 2.75) is 19.9 Å². The molecule has 1 aromatic rings. The number of nitrogens with zero attached hydrogens (tertiary/aromatic N) is 3. The van der Waals surface area contributed by atoms with Crippen molar-refractivity contribution in [3.05, 3.63) is 16.4 Å². The lowest BCUT2D eigenvalue weighted by atomic mass is 10.1. The number of aromatic nitrogens is 2. The summed E-state index contributed by atoms with van der Waals surface area (Å²) in [7, 11) is 1.66. The summed E-state index contributed by atoms with van der Waals surface area (Å²) in [5.41, 5.74) is 0. The molecule has 0 aliphatic heterocycles. The van der Waals surface area contributed by atoms with Gasteiger partial charge in [0.1, 0.15) is 0 Å². The molecule has 1 rings (SSSR count). The SMILES string of the molecule is CC(C)[C@@H](CO)Nc1c([N+](=O)[O-])ncn1C. The fourth-order valence-corrected chi connectivity index (χ4v) is 1.32. The van der Waals surface area contributed by atoms with E-state index in [0.717, 1.165) is 0 Å². The first-order valence-electron chi connectivity index (χ1n) is 5.00. The Bertz CT molecular complexity index is 375. The van der Waals surface area contributed by atoms with Gasteiger partial charge in [0.15, 0.2) is 0 Å². The van der Waals surface area contributed by atoms with Crippen LogP contribution in [-0.2, 0) is 7.05 Å². The number of aliphatic hydroxyl groups excluding tert-OH is 1. The zero-order chi connectivity index (χ0) is 12.3. The lowest BCUT2D eigenvalue weighted by Crippen LogP contribution is -2.30. The number of nitrogens with one attached hydrogen (secondary N) is 1. The van der Waals surface area contributed by atoms with Crippen molar-refractivity contribution >= 4 is 11.6 Å². The Morgan fingerprint density at radius 2 is 2.31 bits per heavy atom. The van der Waals surface area contributed by atoms with E-state index in [2.05, 4.69) is 10.3 Å². The van der Waals surface area contributed by atoms with Crippen LogP contribution < -0.4 is 5.32 Å². The molecule has 7 nitrogen and oxygen atoms in total. The highest BCUT2D eigenvalue weighted by Crippen LogP contribution is 2.23. The van der Waals surface area contributed by atoms with Crippen molar-refractivity contribution in [3.8, 4) is 0 Å². The largest absolute Gasteiger partial charge is 0.406 e. The Hall–Kier alpha value is -1.63. The average molecular weight is 228 g/mol. The molecule has 1 aromatic heterocycles. The summed E-state index contributed by atoms with van der Waals surface area (Å²) in [5, 5.41) is 22.8. The first-order chi connectivity index (χ1) is 7.47. The minimum atomic E-state index is -0.545. The van der Waals surface area contributed by atoms with Gasteiger partial charge in [0.2, 0.25) is 12.1 Å². The fourth-order valence-electron chi connectivity index (χ4n) is 1.32. The van der Waals surface area contributed by atoms with Crippen LogP contribution in [0.25, 0.3) is 0 Å². The third kappa shape index (κ3) is 2.48. The van der Waals surface area contributed by atoms with Crippen LogP contribution in [0.15, 0.2) is 6.33 Å². The maximum absolute atomic E-state index is 10.7. The average Bonchev–Trinajstić information content (AvgIpc) is 2.56. The van der Waals surface area contributed by atoms with Gasteiger partial charge in [0, 0.05) is 7.05 Å². The minimum absolute atomic E-state index is 0.0833. The molecule has 0 unspecified atom stereocenters. The second kappa shape index (κ2) is 4.93. The van der Waals surface area contributed by atoms with E-state index in [-0.39, 0.29) is 24.4 Å². The summed E-state index contributed by atoms with van der Waals surface area (Å²) in [6, 6.07) is -0.228. The lowest BCUT2D eigenvalue weighted by Gasteiger charge is -2.20. The molecule has 0 aliphatic carbocycles. The van der Waals surface area contributed by atoms with Crippen molar-refractivity contribution in [3.63, 3.8) is 0 Å². The number of hydrogen-bond donors (Lipinski definition) is 2. The van der Waals surface area contributed by atoms with Crippen LogP contribution in [0.4, 0.5) is 11.6 Å². The highest BCUT2D eigenvalue weighted by Gasteiger charge is 2.23. The number of imidazole rings is 1. The van der Waals surface area contributed by atoms with Crippen molar-refractivity contribution in [1.29, 1.82) is 0 Å². The number of hydrogen-bond acceptors (Lipinski definition) is 5. The Morgan fingerprint density at radius 3 is 2.75 bits per heavy atom. The number of aryl methyl sites for hydroxylation is 1. The van der Waals surface area contributed by atoms with Gasteiger partial charge in [-0.15, -0.1) is 0 Å². The molecule has 2 N–H and O–H groups in total. The fraction of sp³-hybridized carbons (Fsp3) is 0.667. The van der Waals surface area contributed by atoms with Crippen LogP contribution >= 0.6 is 0 Å². The van der Waals surface area contributed by atoms with E-state index in [0.29, 0.717) is 5.82 Å². The van der Waals surface area contributed by atoms with Crippen LogP contribution in [0, 0.1) is 16.0 Å². The topological polar surface area (TPSA) is 93.2 Å². The van der Waals surface area contributed by atoms with Crippen molar-refractivity contribution in [2.24, 2.45) is 13.0 Å². The van der Waals surface area contributed by atoms with Gasteiger partial charge in [0.05, 0.1) is 12.6 Å². The van der Waals surface area contributed by atoms with E-state index in [1.807, 2.05) is 13.8 Å². The van der Waals surface area contributed by atoms with Gasteiger partial charge in [-0.1, -0.05) is 13.8 Å². The van der Waals surface area contributed by atoms with Gasteiger partial charge in [-0.05, 0) is 15.8 Å². The van der Waals surface area contributed by atoms with Crippen molar-refractivity contribution in [2.75, 3.05) is 11.9 Å². The van der Waals surface area contributed by atoms with Gasteiger partial charge in [-0.3, -0.25) is 4.57 Å². The van der Waals surface area contributed by atoms with Gasteiger partial charge >= 0.3 is 5.82 Å². The number of rotatable bonds is 5. The van der Waals surface area contributed by atoms with E-state index in [1.165, 1.54) is 10.9 Å². The molecule has 0 spiro atoms. The van der Waals surface area contributed by atoms with E-state index < -0.39 is 4.92 Å². The second-order valence-electron chi connectivity index (χ2n) is 3.96. The predicted octanol–water partition coefficient (Wildman–Crippen LogP) is 0.757. The van der Waals surface area contributed by atoms with E-state index in [9.17, 15) is 10.1 Å². The molecular formula is C9H16N4O3. The van der Waals surface area contributed by atoms with E-state index >= 15 is 0 Å². The molecule has 90 valence electrons. The Balaban J connectivity index is 2.94. The highest BCUT2D eigenvalue weighted by atomic mass is 16.6. The van der Waals surface area contributed by atoms with Crippen LogP contribution in [0.1, 0.15) is 13.8 Å². The first-order valence-corrected chi connectivity index (χ1v) is 5.00. The molecule has 0 amide bonds. The standard InChI is InChI=1S/C9H16N4O3/c1-6(2)7(4-14)11-9-8(13(15)16)10-5-12(9)3/h5-7,11,14H,4H2,1-3H3/t7-/m1/s1. The quantitative estimate of drug-likeness (QED) is 0.573. The highest BCUT2D eigenvalue weighted by molar-refractivity contribution is 5.52. The van der Waals surface area contributed by atoms with E-state index in [1.54, 1.807) is 7.05 Å². The maximum atomic E-state index is 10.7. The molecule has 0 aliphatic rings. The summed E-state index contributed by atoms with van der Waals surface area (Å²) in [4.78, 5) is 13.8. The van der Waals surface area contributed by atoms with Gasteiger partial charge < -0.3 is 20.5 Å². The maximum Gasteiger partial charge on any atom is 0.406 e. The summed E-state index contributed by atoms with van der Waals surface area (Å²) in [5.74, 6) is 0.263. The van der Waals surface area contributed by atoms with Crippen molar-refractivity contribution in [1.82, 2.24) is 9.55 Å². The summed E-state index contributed by atoms with van der Waals surface area (Å²) < 4.78 is 1.53. The van der Waals surface area contributed by atoms with Crippen LogP contribution in [0.2, 0.25) is 0 Å². The molecular weight excluding hydrogens is 212 g/mol. The second-order valence-corrected chi connectivity index (χ2v) is 3.96. The molecule has 0 saturated carbocycles. The Morgan fingerprint density at radius 1 is 1.69 bits per heavy atom. The van der Waals surface area contributed by atoms with Gasteiger partial charge in [-0.25, -0.2) is 0 Å². The first kappa shape index (κ1) is 12.4. The predicted molar refractivity (Wildman–Crippen MR) is 59.2 cm³/mol. The lowest BCUT2D eigenvalue weighted by molar-refractivity contribution is -0.388. The van der Waals surface area contributed by atoms with Crippen LogP contribution in [0.3, 0.4) is 0 Å². The molecule has 16 heavy (non-hydrogen) atoms. The molecule has 7 heteroatoms. The summed E-state index contributed by atoms with van der Waals surface area (Å²) >= 11 is 0. The van der Waals surface area contributed by atoms with Gasteiger partial charge in [-0.2, -0.15) is 0 Å². The molecule has 1 heterocycles. The molecule has 0 saturated heterocycles. The molecule has 1 atom stereocenters. The third-order valence-corrected chi connectivity index (χ3v) is 2.41. The van der Waals surface area contributed by atoms with Crippen molar-refractivity contribution < 1.29 is 10.0 Å². The number of anilines is 1. The normalized spacial score (nSPS) is 12.8. The Labute approximate surface area is 93.3 Å². The minimum Gasteiger partial charge on any atom is -0.394 e. The zero-order valence-electron chi connectivity index (χ0n) is 9.54. The van der Waals surface area contributed by atoms with Gasteiger partial charge in [0.25, 0.3) is 0 Å². The summed E-state index contributed by atoms with van der Waals surface area (Å²) in [6.07, 6.45) is 1.37. The smallest absolute Gasteiger partial charge is 0.394 e. The molecule has 0 radical (unpaired) electrons. The monoisotopic (exact) mass is 228 g/mol. The Kier molecular flexibility index (Phi) is 3.83. The zero-order valence-corrected chi connectivity index (χ0v) is 9.54. The van der Waals surface area contributed by atoms with E-state index in [4.69, 9.17) is 5.11 Å². The molecule has 0 bridgehead atoms. The molecule has 0 fully saturated rings. The number of nitro groups is 1. The molecule has 0 aromatic carbocycles. The van der Waals surface area contributed by atoms with Crippen LogP contribution in [0.5, 0.6) is 0 Å².